The van der Waals surface area contributed by atoms with Crippen LogP contribution in [-0.4, -0.2) is 41.1 Å². The van der Waals surface area contributed by atoms with Gasteiger partial charge < -0.3 is 4.74 Å². The maximum absolute atomic E-state index is 5.78. The van der Waals surface area contributed by atoms with Gasteiger partial charge in [-0.05, 0) is 44.1 Å². The van der Waals surface area contributed by atoms with Gasteiger partial charge in [-0.25, -0.2) is 9.97 Å². The zero-order chi connectivity index (χ0) is 12.2. The van der Waals surface area contributed by atoms with Crippen LogP contribution in [-0.2, 0) is 0 Å². The number of ether oxygens (including phenoxy) is 1. The van der Waals surface area contributed by atoms with Gasteiger partial charge in [0.05, 0.1) is 5.52 Å². The van der Waals surface area contributed by atoms with Gasteiger partial charge in [0.1, 0.15) is 18.7 Å². The lowest BCUT2D eigenvalue weighted by molar-refractivity contribution is 0.238. The van der Waals surface area contributed by atoms with Crippen LogP contribution in [0.4, 0.5) is 0 Å². The van der Waals surface area contributed by atoms with E-state index >= 15 is 0 Å². The summed E-state index contributed by atoms with van der Waals surface area (Å²) < 4.78 is 5.78. The molecule has 4 heteroatoms. The fourth-order valence-corrected chi connectivity index (χ4v) is 2.35. The van der Waals surface area contributed by atoms with E-state index in [0.717, 1.165) is 29.8 Å². The highest BCUT2D eigenvalue weighted by Gasteiger charge is 2.10. The van der Waals surface area contributed by atoms with Crippen LogP contribution in [0.3, 0.4) is 0 Å². The van der Waals surface area contributed by atoms with E-state index in [1.165, 1.54) is 25.9 Å². The van der Waals surface area contributed by atoms with Crippen LogP contribution in [0.5, 0.6) is 5.75 Å². The van der Waals surface area contributed by atoms with Gasteiger partial charge >= 0.3 is 0 Å². The Morgan fingerprint density at radius 3 is 3.00 bits per heavy atom. The van der Waals surface area contributed by atoms with E-state index in [9.17, 15) is 0 Å². The molecule has 94 valence electrons. The van der Waals surface area contributed by atoms with Crippen molar-refractivity contribution in [2.75, 3.05) is 26.2 Å². The van der Waals surface area contributed by atoms with Gasteiger partial charge in [0.25, 0.3) is 0 Å². The monoisotopic (exact) mass is 243 g/mol. The van der Waals surface area contributed by atoms with Gasteiger partial charge in [-0.15, -0.1) is 0 Å². The second-order valence-electron chi connectivity index (χ2n) is 4.64. The van der Waals surface area contributed by atoms with Crippen molar-refractivity contribution in [3.05, 3.63) is 30.7 Å². The summed E-state index contributed by atoms with van der Waals surface area (Å²) in [6.07, 6.45) is 6.03. The molecule has 0 amide bonds. The number of benzene rings is 1. The number of nitrogens with zero attached hydrogens (tertiary/aromatic N) is 3. The third kappa shape index (κ3) is 2.59. The van der Waals surface area contributed by atoms with Crippen molar-refractivity contribution in [3.63, 3.8) is 0 Å². The van der Waals surface area contributed by atoms with E-state index in [1.54, 1.807) is 6.33 Å². The number of hydrogen-bond acceptors (Lipinski definition) is 4. The van der Waals surface area contributed by atoms with Crippen molar-refractivity contribution in [1.82, 2.24) is 14.9 Å². The highest BCUT2D eigenvalue weighted by Crippen LogP contribution is 2.18. The summed E-state index contributed by atoms with van der Waals surface area (Å²) in [4.78, 5) is 10.7. The minimum atomic E-state index is 0.749. The first-order chi connectivity index (χ1) is 8.92. The molecule has 18 heavy (non-hydrogen) atoms. The van der Waals surface area contributed by atoms with Gasteiger partial charge in [0, 0.05) is 18.1 Å². The molecule has 2 aromatic rings. The average molecular weight is 243 g/mol. The minimum absolute atomic E-state index is 0.749. The molecule has 1 fully saturated rings. The lowest BCUT2D eigenvalue weighted by atomic mass is 10.2. The van der Waals surface area contributed by atoms with Crippen LogP contribution in [0, 0.1) is 0 Å². The van der Waals surface area contributed by atoms with Crippen molar-refractivity contribution in [2.24, 2.45) is 0 Å². The Labute approximate surface area is 107 Å². The number of aromatic nitrogens is 2. The molecule has 2 heterocycles. The Hall–Kier alpha value is -1.68. The van der Waals surface area contributed by atoms with Crippen LogP contribution in [0.1, 0.15) is 12.8 Å². The van der Waals surface area contributed by atoms with Crippen molar-refractivity contribution in [2.45, 2.75) is 12.8 Å². The molecule has 0 N–H and O–H groups in total. The third-order valence-electron chi connectivity index (χ3n) is 3.35. The maximum Gasteiger partial charge on any atom is 0.120 e. The van der Waals surface area contributed by atoms with Gasteiger partial charge in [-0.1, -0.05) is 0 Å². The molecule has 0 saturated carbocycles. The Morgan fingerprint density at radius 1 is 1.22 bits per heavy atom. The van der Waals surface area contributed by atoms with E-state index < -0.39 is 0 Å². The molecule has 1 saturated heterocycles. The molecular weight excluding hydrogens is 226 g/mol. The second kappa shape index (κ2) is 5.31. The van der Waals surface area contributed by atoms with Gasteiger partial charge in [-0.2, -0.15) is 0 Å². The molecule has 1 aliphatic rings. The summed E-state index contributed by atoms with van der Waals surface area (Å²) in [5.41, 5.74) is 0.955. The number of fused-ring (bicyclic) bond motifs is 1. The zero-order valence-electron chi connectivity index (χ0n) is 10.4. The Bertz CT molecular complexity index is 523. The van der Waals surface area contributed by atoms with E-state index in [2.05, 4.69) is 14.9 Å². The van der Waals surface area contributed by atoms with Crippen molar-refractivity contribution >= 4 is 10.9 Å². The Morgan fingerprint density at radius 2 is 2.11 bits per heavy atom. The summed E-state index contributed by atoms with van der Waals surface area (Å²) in [6, 6.07) is 5.95. The molecule has 0 atom stereocenters. The van der Waals surface area contributed by atoms with Gasteiger partial charge in [0.15, 0.2) is 0 Å². The summed E-state index contributed by atoms with van der Waals surface area (Å²) in [6.45, 7) is 4.20. The first kappa shape index (κ1) is 11.4. The number of likely N-dealkylation sites (tertiary alicyclic amines) is 1. The zero-order valence-corrected chi connectivity index (χ0v) is 10.4. The molecule has 0 bridgehead atoms. The van der Waals surface area contributed by atoms with Crippen LogP contribution in [0.2, 0.25) is 0 Å². The fourth-order valence-electron chi connectivity index (χ4n) is 2.35. The summed E-state index contributed by atoms with van der Waals surface area (Å²) >= 11 is 0. The number of hydrogen-bond donors (Lipinski definition) is 0. The molecule has 1 aromatic carbocycles. The van der Waals surface area contributed by atoms with E-state index in [-0.39, 0.29) is 0 Å². The van der Waals surface area contributed by atoms with Crippen LogP contribution in [0.15, 0.2) is 30.7 Å². The minimum Gasteiger partial charge on any atom is -0.492 e. The average Bonchev–Trinajstić information content (AvgIpc) is 2.92. The SMILES string of the molecule is c1ncc2cc(OCCN3CCCC3)ccc2n1. The Kier molecular flexibility index (Phi) is 3.37. The van der Waals surface area contributed by atoms with Crippen molar-refractivity contribution in [1.29, 1.82) is 0 Å². The maximum atomic E-state index is 5.78. The molecule has 0 spiro atoms. The largest absolute Gasteiger partial charge is 0.492 e. The lowest BCUT2D eigenvalue weighted by Crippen LogP contribution is -2.25. The topological polar surface area (TPSA) is 38.2 Å². The quantitative estimate of drug-likeness (QED) is 0.824. The predicted molar refractivity (Wildman–Crippen MR) is 70.7 cm³/mol. The smallest absolute Gasteiger partial charge is 0.120 e. The first-order valence-electron chi connectivity index (χ1n) is 6.47. The summed E-state index contributed by atoms with van der Waals surface area (Å²) in [5, 5.41) is 1.02. The predicted octanol–water partition coefficient (Wildman–Crippen LogP) is 2.10. The van der Waals surface area contributed by atoms with Crippen molar-refractivity contribution < 1.29 is 4.74 Å². The molecule has 1 aromatic heterocycles. The molecule has 0 aliphatic carbocycles. The summed E-state index contributed by atoms with van der Waals surface area (Å²) in [5.74, 6) is 0.900. The van der Waals surface area contributed by atoms with Gasteiger partial charge in [-0.3, -0.25) is 4.90 Å². The van der Waals surface area contributed by atoms with Gasteiger partial charge in [0.2, 0.25) is 0 Å². The first-order valence-corrected chi connectivity index (χ1v) is 6.47. The van der Waals surface area contributed by atoms with Crippen LogP contribution >= 0.6 is 0 Å². The molecule has 4 nitrogen and oxygen atoms in total. The Balaban J connectivity index is 1.60. The van der Waals surface area contributed by atoms with Crippen molar-refractivity contribution in [3.8, 4) is 5.75 Å². The summed E-state index contributed by atoms with van der Waals surface area (Å²) in [7, 11) is 0. The second-order valence-corrected chi connectivity index (χ2v) is 4.64. The van der Waals surface area contributed by atoms with Crippen LogP contribution < -0.4 is 4.74 Å². The molecular formula is C14H17N3O. The number of rotatable bonds is 4. The highest BCUT2D eigenvalue weighted by atomic mass is 16.5. The normalized spacial score (nSPS) is 16.2. The van der Waals surface area contributed by atoms with E-state index in [0.29, 0.717) is 0 Å². The highest BCUT2D eigenvalue weighted by molar-refractivity contribution is 5.78. The van der Waals surface area contributed by atoms with E-state index in [1.807, 2.05) is 24.4 Å². The molecule has 0 radical (unpaired) electrons. The van der Waals surface area contributed by atoms with Crippen LogP contribution in [0.25, 0.3) is 10.9 Å². The lowest BCUT2D eigenvalue weighted by Gasteiger charge is -2.14. The van der Waals surface area contributed by atoms with E-state index in [4.69, 9.17) is 4.74 Å². The molecule has 3 rings (SSSR count). The molecule has 0 unspecified atom stereocenters. The third-order valence-corrected chi connectivity index (χ3v) is 3.35. The molecule has 1 aliphatic heterocycles. The fraction of sp³-hybridized carbons (Fsp3) is 0.429. The standard InChI is InChI=1S/C14H17N3O/c1-2-6-17(5-1)7-8-18-13-3-4-14-12(9-13)10-15-11-16-14/h3-4,9-11H,1-2,5-8H2.